The molecule has 0 amide bonds. The molecule has 1 rings (SSSR count). The van der Waals surface area contributed by atoms with Crippen LogP contribution < -0.4 is 12.4 Å². The molecular formula is C9H12Cl3N. The highest BCUT2D eigenvalue weighted by atomic mass is 35.5. The summed E-state index contributed by atoms with van der Waals surface area (Å²) in [5.74, 6) is 0. The average Bonchev–Trinajstić information content (AvgIpc) is 2.03. The van der Waals surface area contributed by atoms with E-state index in [1.54, 1.807) is 7.05 Å². The molecule has 1 aromatic carbocycles. The molecule has 0 radical (unpaired) electrons. The van der Waals surface area contributed by atoms with Crippen molar-refractivity contribution < 1.29 is 15.9 Å². The molecule has 74 valence electrons. The van der Waals surface area contributed by atoms with Gasteiger partial charge in [-0.25, -0.2) is 0 Å². The van der Waals surface area contributed by atoms with E-state index in [0.29, 0.717) is 0 Å². The summed E-state index contributed by atoms with van der Waals surface area (Å²) in [4.78, 5) is 0. The molecule has 0 saturated heterocycles. The first kappa shape index (κ1) is 13.1. The maximum atomic E-state index is 5.92. The van der Waals surface area contributed by atoms with E-state index >= 15 is 0 Å². The molecule has 1 atom stereocenters. The Morgan fingerprint density at radius 3 is 2.00 bits per heavy atom. The first-order valence-electron chi connectivity index (χ1n) is 3.82. The van der Waals surface area contributed by atoms with Gasteiger partial charge >= 0.3 is 0 Å². The van der Waals surface area contributed by atoms with E-state index in [9.17, 15) is 0 Å². The van der Waals surface area contributed by atoms with Crippen molar-refractivity contribution in [1.82, 2.24) is 0 Å². The third-order valence-corrected chi connectivity index (χ3v) is 2.55. The number of quaternary nitrogens is 1. The Hall–Kier alpha value is 0.0500. The summed E-state index contributed by atoms with van der Waals surface area (Å²) in [7, 11) is 1.75. The molecule has 13 heavy (non-hydrogen) atoms. The molecule has 0 aliphatic heterocycles. The second kappa shape index (κ2) is 5.06. The zero-order chi connectivity index (χ0) is 9.19. The molecule has 0 spiro atoms. The monoisotopic (exact) mass is 239 g/mol. The van der Waals surface area contributed by atoms with Crippen molar-refractivity contribution in [3.05, 3.63) is 35.9 Å². The van der Waals surface area contributed by atoms with Crippen LogP contribution in [0.3, 0.4) is 0 Å². The molecular weight excluding hydrogens is 228 g/mol. The van der Waals surface area contributed by atoms with Gasteiger partial charge in [-0.2, -0.15) is 0 Å². The lowest BCUT2D eigenvalue weighted by Gasteiger charge is -2.21. The van der Waals surface area contributed by atoms with Crippen LogP contribution in [0.15, 0.2) is 30.3 Å². The van der Waals surface area contributed by atoms with Gasteiger partial charge in [0.05, 0.1) is 0 Å². The number of hydrogen-bond acceptors (Lipinski definition) is 0. The standard InChI is InChI=1S/C9H12Cl2N.ClH/c1-8(12(2,10)11)9-6-4-3-5-7-9;/h3-8H,1-2H3;1H/q+1;/p-1. The summed E-state index contributed by atoms with van der Waals surface area (Å²) in [6, 6.07) is 10.1. The molecule has 1 aromatic rings. The summed E-state index contributed by atoms with van der Waals surface area (Å²) < 4.78 is -0.0794. The largest absolute Gasteiger partial charge is 1.00 e. The number of rotatable bonds is 2. The van der Waals surface area contributed by atoms with Crippen LogP contribution in [0.2, 0.25) is 0 Å². The molecule has 0 bridgehead atoms. The van der Waals surface area contributed by atoms with Gasteiger partial charge in [-0.05, 0) is 6.92 Å². The lowest BCUT2D eigenvalue weighted by Crippen LogP contribution is -3.00. The molecule has 0 N–H and O–H groups in total. The Morgan fingerprint density at radius 2 is 1.62 bits per heavy atom. The van der Waals surface area contributed by atoms with E-state index in [4.69, 9.17) is 23.6 Å². The Kier molecular flexibility index (Phi) is 5.08. The van der Waals surface area contributed by atoms with Crippen molar-refractivity contribution in [2.75, 3.05) is 7.05 Å². The van der Waals surface area contributed by atoms with Crippen molar-refractivity contribution in [3.8, 4) is 0 Å². The van der Waals surface area contributed by atoms with Crippen molar-refractivity contribution in [1.29, 1.82) is 0 Å². The molecule has 0 aromatic heterocycles. The first-order valence-corrected chi connectivity index (χ1v) is 4.50. The van der Waals surface area contributed by atoms with E-state index < -0.39 is 0 Å². The van der Waals surface area contributed by atoms with Crippen molar-refractivity contribution in [3.63, 3.8) is 0 Å². The predicted molar refractivity (Wildman–Crippen MR) is 52.7 cm³/mol. The molecule has 0 aliphatic carbocycles. The molecule has 0 saturated carbocycles. The van der Waals surface area contributed by atoms with E-state index in [2.05, 4.69) is 0 Å². The maximum absolute atomic E-state index is 5.92. The molecule has 0 heterocycles. The number of hydrogen-bond donors (Lipinski definition) is 0. The third kappa shape index (κ3) is 3.74. The zero-order valence-electron chi connectivity index (χ0n) is 7.55. The Labute approximate surface area is 95.5 Å². The summed E-state index contributed by atoms with van der Waals surface area (Å²) in [6.07, 6.45) is 0. The fraction of sp³-hybridized carbons (Fsp3) is 0.333. The van der Waals surface area contributed by atoms with E-state index in [0.717, 1.165) is 5.56 Å². The Balaban J connectivity index is 0.00000144. The van der Waals surface area contributed by atoms with Gasteiger partial charge in [-0.3, -0.25) is 0 Å². The SMILES string of the molecule is CC(c1ccccc1)[N+](C)(Cl)Cl.[Cl-]. The van der Waals surface area contributed by atoms with Crippen LogP contribution in [0, 0.1) is 0 Å². The second-order valence-corrected chi connectivity index (χ2v) is 4.52. The van der Waals surface area contributed by atoms with Crippen molar-refractivity contribution >= 4 is 23.6 Å². The van der Waals surface area contributed by atoms with Crippen LogP contribution in [0.1, 0.15) is 18.5 Å². The molecule has 0 fully saturated rings. The van der Waals surface area contributed by atoms with Crippen LogP contribution in [0.25, 0.3) is 0 Å². The highest BCUT2D eigenvalue weighted by Crippen LogP contribution is 2.31. The van der Waals surface area contributed by atoms with Gasteiger partial charge in [-0.1, -0.05) is 30.3 Å². The third-order valence-electron chi connectivity index (χ3n) is 1.96. The van der Waals surface area contributed by atoms with Gasteiger partial charge in [0, 0.05) is 5.56 Å². The van der Waals surface area contributed by atoms with Gasteiger partial charge in [0.25, 0.3) is 0 Å². The minimum absolute atomic E-state index is 0. The van der Waals surface area contributed by atoms with E-state index in [1.807, 2.05) is 37.3 Å². The minimum Gasteiger partial charge on any atom is -1.00 e. The van der Waals surface area contributed by atoms with E-state index in [-0.39, 0.29) is 22.0 Å². The summed E-state index contributed by atoms with van der Waals surface area (Å²) >= 11 is 11.8. The minimum atomic E-state index is -0.0794. The highest BCUT2D eigenvalue weighted by molar-refractivity contribution is 6.23. The quantitative estimate of drug-likeness (QED) is 0.661. The summed E-state index contributed by atoms with van der Waals surface area (Å²) in [5.41, 5.74) is 1.14. The van der Waals surface area contributed by atoms with Crippen LogP contribution >= 0.6 is 23.6 Å². The normalized spacial score (nSPS) is 13.2. The first-order chi connectivity index (χ1) is 5.52. The van der Waals surface area contributed by atoms with Crippen molar-refractivity contribution in [2.24, 2.45) is 0 Å². The van der Waals surface area contributed by atoms with Gasteiger partial charge in [0.1, 0.15) is 13.1 Å². The fourth-order valence-corrected chi connectivity index (χ4v) is 1.22. The lowest BCUT2D eigenvalue weighted by molar-refractivity contribution is -0.702. The van der Waals surface area contributed by atoms with Crippen LogP contribution in [0.5, 0.6) is 0 Å². The lowest BCUT2D eigenvalue weighted by atomic mass is 10.1. The van der Waals surface area contributed by atoms with Gasteiger partial charge < -0.3 is 12.4 Å². The van der Waals surface area contributed by atoms with Crippen LogP contribution in [-0.4, -0.2) is 10.6 Å². The summed E-state index contributed by atoms with van der Waals surface area (Å²) in [6.45, 7) is 2.00. The fourth-order valence-electron chi connectivity index (χ4n) is 0.993. The van der Waals surface area contributed by atoms with Crippen LogP contribution in [-0.2, 0) is 0 Å². The number of halogens is 3. The molecule has 0 aliphatic rings. The smallest absolute Gasteiger partial charge is 0.187 e. The molecule has 1 nitrogen and oxygen atoms in total. The average molecular weight is 241 g/mol. The van der Waals surface area contributed by atoms with Crippen molar-refractivity contribution in [2.45, 2.75) is 13.0 Å². The van der Waals surface area contributed by atoms with Crippen LogP contribution in [0.4, 0.5) is 0 Å². The van der Waals surface area contributed by atoms with Gasteiger partial charge in [0.15, 0.2) is 23.6 Å². The van der Waals surface area contributed by atoms with Gasteiger partial charge in [0.2, 0.25) is 0 Å². The number of benzene rings is 1. The zero-order valence-corrected chi connectivity index (χ0v) is 9.81. The molecule has 1 unspecified atom stereocenters. The molecule has 4 heteroatoms. The Bertz CT molecular complexity index is 243. The second-order valence-electron chi connectivity index (χ2n) is 2.94. The topological polar surface area (TPSA) is 0 Å². The van der Waals surface area contributed by atoms with E-state index in [1.165, 1.54) is 0 Å². The van der Waals surface area contributed by atoms with Gasteiger partial charge in [-0.15, -0.1) is 3.52 Å². The summed E-state index contributed by atoms with van der Waals surface area (Å²) in [5, 5.41) is 0. The Morgan fingerprint density at radius 1 is 1.15 bits per heavy atom. The number of nitrogens with zero attached hydrogens (tertiary/aromatic N) is 1. The highest BCUT2D eigenvalue weighted by Gasteiger charge is 2.27. The maximum Gasteiger partial charge on any atom is 0.187 e. The predicted octanol–water partition coefficient (Wildman–Crippen LogP) is 0.506.